The number of amides is 1. The molecule has 0 bridgehead atoms. The maximum absolute atomic E-state index is 13.6. The number of anilines is 1. The van der Waals surface area contributed by atoms with Crippen LogP contribution in [0.4, 0.5) is 23.2 Å². The van der Waals surface area contributed by atoms with Crippen molar-refractivity contribution in [2.24, 2.45) is 5.92 Å². The van der Waals surface area contributed by atoms with E-state index in [0.29, 0.717) is 11.6 Å². The number of esters is 1. The van der Waals surface area contributed by atoms with Crippen molar-refractivity contribution in [1.29, 1.82) is 0 Å². The molecule has 2 unspecified atom stereocenters. The van der Waals surface area contributed by atoms with Crippen molar-refractivity contribution in [3.63, 3.8) is 0 Å². The highest BCUT2D eigenvalue weighted by Gasteiger charge is 2.67. The summed E-state index contributed by atoms with van der Waals surface area (Å²) < 4.78 is 58.1. The maximum atomic E-state index is 13.6. The Balaban J connectivity index is 1.53. The van der Waals surface area contributed by atoms with E-state index >= 15 is 0 Å². The first kappa shape index (κ1) is 34.0. The molecule has 1 aliphatic rings. The largest absolute Gasteiger partial charge is 0.460 e. The third kappa shape index (κ3) is 8.02. The van der Waals surface area contributed by atoms with E-state index in [9.17, 15) is 31.9 Å². The molecule has 0 saturated heterocycles. The van der Waals surface area contributed by atoms with Crippen LogP contribution >= 0.6 is 46.4 Å². The predicted molar refractivity (Wildman–Crippen MR) is 159 cm³/mol. The minimum Gasteiger partial charge on any atom is -0.460 e. The van der Waals surface area contributed by atoms with Crippen LogP contribution in [0.5, 0.6) is 0 Å². The number of pyridine rings is 1. The zero-order chi connectivity index (χ0) is 32.8. The first-order valence-electron chi connectivity index (χ1n) is 13.0. The number of aromatic nitrogens is 1. The Hall–Kier alpha value is -2.92. The summed E-state index contributed by atoms with van der Waals surface area (Å²) in [5, 5.41) is 2.42. The van der Waals surface area contributed by atoms with E-state index < -0.39 is 69.8 Å². The van der Waals surface area contributed by atoms with E-state index in [2.05, 4.69) is 10.3 Å². The van der Waals surface area contributed by atoms with Gasteiger partial charge in [-0.05, 0) is 68.8 Å². The number of hydrogen-bond donors (Lipinski definition) is 1. The summed E-state index contributed by atoms with van der Waals surface area (Å²) in [5.41, 5.74) is -1.94. The van der Waals surface area contributed by atoms with E-state index in [4.69, 9.17) is 51.1 Å². The summed E-state index contributed by atoms with van der Waals surface area (Å²) >= 11 is 24.8. The number of hydrogen-bond acceptors (Lipinski definition) is 5. The van der Waals surface area contributed by atoms with Gasteiger partial charge in [-0.15, -0.1) is 23.2 Å². The second-order valence-electron chi connectivity index (χ2n) is 11.2. The third-order valence-electron chi connectivity index (χ3n) is 6.52. The van der Waals surface area contributed by atoms with Gasteiger partial charge in [-0.1, -0.05) is 29.3 Å². The van der Waals surface area contributed by atoms with E-state index in [-0.39, 0.29) is 32.7 Å². The van der Waals surface area contributed by atoms with Crippen molar-refractivity contribution < 1.29 is 36.7 Å². The molecule has 1 amide bonds. The first-order chi connectivity index (χ1) is 20.3. The molecule has 2 aromatic carbocycles. The first-order valence-corrected chi connectivity index (χ1v) is 14.5. The maximum Gasteiger partial charge on any atom is 0.416 e. The smallest absolute Gasteiger partial charge is 0.416 e. The Bertz CT molecular complexity index is 1640. The number of ketones is 1. The van der Waals surface area contributed by atoms with E-state index in [0.717, 1.165) is 12.1 Å². The van der Waals surface area contributed by atoms with Crippen LogP contribution < -0.4 is 5.32 Å². The molecular formula is C30H24Cl4F4N2O4. The molecule has 2 atom stereocenters. The molecule has 1 saturated carbocycles. The summed E-state index contributed by atoms with van der Waals surface area (Å²) in [6.45, 7) is 4.84. The van der Waals surface area contributed by atoms with Gasteiger partial charge >= 0.3 is 12.1 Å². The highest BCUT2D eigenvalue weighted by Crippen LogP contribution is 2.65. The number of benzene rings is 2. The van der Waals surface area contributed by atoms with Crippen molar-refractivity contribution in [2.45, 2.75) is 55.6 Å². The molecule has 0 radical (unpaired) electrons. The lowest BCUT2D eigenvalue weighted by molar-refractivity contribution is -0.154. The predicted octanol–water partition coefficient (Wildman–Crippen LogP) is 8.38. The van der Waals surface area contributed by atoms with Crippen LogP contribution in [-0.2, 0) is 33.3 Å². The molecule has 3 aromatic rings. The monoisotopic (exact) mass is 692 g/mol. The number of alkyl halides is 5. The van der Waals surface area contributed by atoms with Gasteiger partial charge in [-0.25, -0.2) is 4.39 Å². The van der Waals surface area contributed by atoms with Gasteiger partial charge < -0.3 is 10.1 Å². The number of nitrogens with one attached hydrogen (secondary N) is 1. The van der Waals surface area contributed by atoms with Crippen molar-refractivity contribution >= 4 is 69.8 Å². The van der Waals surface area contributed by atoms with E-state index in [1.807, 2.05) is 0 Å². The molecule has 0 aliphatic heterocycles. The molecule has 6 nitrogen and oxygen atoms in total. The second-order valence-corrected chi connectivity index (χ2v) is 13.4. The quantitative estimate of drug-likeness (QED) is 0.111. The molecule has 234 valence electrons. The van der Waals surface area contributed by atoms with Crippen molar-refractivity contribution in [3.05, 3.63) is 92.5 Å². The summed E-state index contributed by atoms with van der Waals surface area (Å²) in [7, 11) is 0. The van der Waals surface area contributed by atoms with Crippen LogP contribution in [-0.4, -0.2) is 32.6 Å². The van der Waals surface area contributed by atoms with Crippen LogP contribution in [0.25, 0.3) is 0 Å². The van der Waals surface area contributed by atoms with Crippen molar-refractivity contribution in [1.82, 2.24) is 4.98 Å². The normalized spacial score (nSPS) is 17.6. The minimum absolute atomic E-state index is 0.0248. The molecule has 0 spiro atoms. The topological polar surface area (TPSA) is 85.4 Å². The zero-order valence-corrected chi connectivity index (χ0v) is 26.3. The summed E-state index contributed by atoms with van der Waals surface area (Å²) in [5.74, 6) is -4.38. The SMILES string of the molecule is CC(C)(C)OC(=O)Cc1cc(C(F)(F)F)cc(CC(=O)c2cc(NC(=O)C3C(c4ccc(F)c(Cl)c4)C3(Cl)Cl)ccc2Cl)n1. The fourth-order valence-corrected chi connectivity index (χ4v) is 5.83. The number of nitrogens with zero attached hydrogens (tertiary/aromatic N) is 1. The van der Waals surface area contributed by atoms with Crippen LogP contribution in [0.1, 0.15) is 59.6 Å². The fourth-order valence-electron chi connectivity index (χ4n) is 4.59. The molecule has 4 rings (SSSR count). The number of Topliss-reactive ketones (excluding diaryl/α,β-unsaturated/α-hetero) is 1. The van der Waals surface area contributed by atoms with Crippen molar-refractivity contribution in [2.75, 3.05) is 5.32 Å². The minimum atomic E-state index is -4.77. The molecule has 14 heteroatoms. The molecule has 1 aromatic heterocycles. The summed E-state index contributed by atoms with van der Waals surface area (Å²) in [6, 6.07) is 9.31. The molecule has 44 heavy (non-hydrogen) atoms. The lowest BCUT2D eigenvalue weighted by Crippen LogP contribution is -2.25. The average Bonchev–Trinajstić information content (AvgIpc) is 3.46. The molecule has 1 N–H and O–H groups in total. The van der Waals surface area contributed by atoms with E-state index in [1.165, 1.54) is 30.3 Å². The summed E-state index contributed by atoms with van der Waals surface area (Å²) in [4.78, 5) is 42.6. The Morgan fingerprint density at radius 1 is 0.932 bits per heavy atom. The zero-order valence-electron chi connectivity index (χ0n) is 23.3. The second kappa shape index (κ2) is 12.5. The Kier molecular flexibility index (Phi) is 9.62. The molecule has 1 aliphatic carbocycles. The Labute approximate surface area is 270 Å². The van der Waals surface area contributed by atoms with Gasteiger partial charge in [0, 0.05) is 22.9 Å². The number of rotatable bonds is 8. The standard InChI is InChI=1S/C30H24Cl4F4N2O4/c1-28(2,3)44-24(42)13-18-10-15(30(36,37)38)9-17(39-18)12-23(41)19-11-16(5-6-20(19)31)40-27(43)26-25(29(26,33)34)14-4-7-22(35)21(32)8-14/h4-11,25-26H,12-13H2,1-3H3,(H,40,43). The Morgan fingerprint density at radius 2 is 1.57 bits per heavy atom. The molecule has 1 fully saturated rings. The highest BCUT2D eigenvalue weighted by molar-refractivity contribution is 6.53. The van der Waals surface area contributed by atoms with Gasteiger partial charge in [0.15, 0.2) is 5.78 Å². The van der Waals surface area contributed by atoms with Crippen molar-refractivity contribution in [3.8, 4) is 0 Å². The average molecular weight is 694 g/mol. The van der Waals surface area contributed by atoms with Crippen LogP contribution in [0.15, 0.2) is 48.5 Å². The van der Waals surface area contributed by atoms with Gasteiger partial charge in [0.25, 0.3) is 0 Å². The highest BCUT2D eigenvalue weighted by atomic mass is 35.5. The van der Waals surface area contributed by atoms with Crippen LogP contribution in [0.3, 0.4) is 0 Å². The molecule has 1 heterocycles. The number of carbonyl (C=O) groups is 3. The fraction of sp³-hybridized carbons (Fsp3) is 0.333. The number of halogens is 8. The van der Waals surface area contributed by atoms with Gasteiger partial charge in [-0.3, -0.25) is 19.4 Å². The number of carbonyl (C=O) groups excluding carboxylic acids is 3. The van der Waals surface area contributed by atoms with Crippen LogP contribution in [0, 0.1) is 11.7 Å². The summed E-state index contributed by atoms with van der Waals surface area (Å²) in [6.07, 6.45) is -5.91. The van der Waals surface area contributed by atoms with Gasteiger partial charge in [-0.2, -0.15) is 13.2 Å². The number of ether oxygens (including phenoxy) is 1. The lowest BCUT2D eigenvalue weighted by atomic mass is 10.0. The Morgan fingerprint density at radius 3 is 2.16 bits per heavy atom. The van der Waals surface area contributed by atoms with Crippen LogP contribution in [0.2, 0.25) is 10.0 Å². The van der Waals surface area contributed by atoms with Gasteiger partial charge in [0.1, 0.15) is 15.8 Å². The van der Waals surface area contributed by atoms with E-state index in [1.54, 1.807) is 20.8 Å². The molecular weight excluding hydrogens is 670 g/mol. The van der Waals surface area contributed by atoms with Gasteiger partial charge in [0.2, 0.25) is 5.91 Å². The lowest BCUT2D eigenvalue weighted by Gasteiger charge is -2.19. The van der Waals surface area contributed by atoms with Gasteiger partial charge in [0.05, 0.1) is 40.1 Å². The third-order valence-corrected chi connectivity index (χ3v) is 8.08.